The van der Waals surface area contributed by atoms with Gasteiger partial charge in [-0.05, 0) is 12.0 Å². The Morgan fingerprint density at radius 1 is 1.08 bits per heavy atom. The molecule has 0 spiro atoms. The molecule has 1 aromatic carbocycles. The first-order valence-corrected chi connectivity index (χ1v) is 7.04. The van der Waals surface area contributed by atoms with Crippen LogP contribution in [0.2, 0.25) is 0 Å². The first-order chi connectivity index (χ1) is 11.1. The fraction of sp³-hybridized carbons (Fsp3) is 0.400. The van der Waals surface area contributed by atoms with Crippen molar-refractivity contribution in [1.82, 2.24) is 10.6 Å². The number of nitrogens with one attached hydrogen (secondary N) is 2. The lowest BCUT2D eigenvalue weighted by Crippen LogP contribution is -2.52. The lowest BCUT2D eigenvalue weighted by atomic mass is 9.87. The number of amides is 2. The molecule has 1 aromatic rings. The van der Waals surface area contributed by atoms with Gasteiger partial charge in [0.25, 0.3) is 0 Å². The van der Waals surface area contributed by atoms with Crippen LogP contribution in [0.1, 0.15) is 25.3 Å². The predicted molar refractivity (Wildman–Crippen MR) is 77.9 cm³/mol. The van der Waals surface area contributed by atoms with Crippen LogP contribution < -0.4 is 10.6 Å². The Balaban J connectivity index is 2.83. The van der Waals surface area contributed by atoms with E-state index >= 15 is 0 Å². The van der Waals surface area contributed by atoms with Crippen molar-refractivity contribution in [2.45, 2.75) is 31.5 Å². The summed E-state index contributed by atoms with van der Waals surface area (Å²) in [4.78, 5) is 34.9. The van der Waals surface area contributed by atoms with E-state index in [-0.39, 0.29) is 6.42 Å². The van der Waals surface area contributed by atoms with Gasteiger partial charge in [-0.3, -0.25) is 9.59 Å². The number of carbonyl (C=O) groups is 3. The summed E-state index contributed by atoms with van der Waals surface area (Å²) in [5, 5.41) is 13.3. The van der Waals surface area contributed by atoms with E-state index in [4.69, 9.17) is 0 Å². The zero-order chi connectivity index (χ0) is 18.4. The molecule has 0 aliphatic carbocycles. The molecule has 1 unspecified atom stereocenters. The summed E-state index contributed by atoms with van der Waals surface area (Å²) in [5.41, 5.74) is -1.47. The van der Waals surface area contributed by atoms with E-state index in [1.54, 1.807) is 23.5 Å². The molecule has 0 heterocycles. The van der Waals surface area contributed by atoms with Gasteiger partial charge < -0.3 is 15.7 Å². The first-order valence-electron chi connectivity index (χ1n) is 7.04. The van der Waals surface area contributed by atoms with E-state index in [1.807, 2.05) is 0 Å². The monoisotopic (exact) mass is 346 g/mol. The van der Waals surface area contributed by atoms with Crippen LogP contribution in [0.15, 0.2) is 30.3 Å². The van der Waals surface area contributed by atoms with E-state index in [2.05, 4.69) is 5.32 Å². The number of carbonyl (C=O) groups excluding carboxylic acids is 2. The van der Waals surface area contributed by atoms with E-state index in [1.165, 1.54) is 19.1 Å². The smallest absolute Gasteiger partial charge is 0.405 e. The number of carboxylic acid groups (broad SMARTS) is 1. The average Bonchev–Trinajstić information content (AvgIpc) is 2.50. The molecule has 6 nitrogen and oxygen atoms in total. The molecule has 0 radical (unpaired) electrons. The van der Waals surface area contributed by atoms with Gasteiger partial charge >= 0.3 is 12.1 Å². The number of benzene rings is 1. The zero-order valence-corrected chi connectivity index (χ0v) is 12.8. The molecule has 3 N–H and O–H groups in total. The van der Waals surface area contributed by atoms with Crippen molar-refractivity contribution < 1.29 is 32.7 Å². The van der Waals surface area contributed by atoms with Crippen molar-refractivity contribution in [1.29, 1.82) is 0 Å². The Labute approximate surface area is 136 Å². The Morgan fingerprint density at radius 2 is 1.67 bits per heavy atom. The summed E-state index contributed by atoms with van der Waals surface area (Å²) in [7, 11) is 0. The van der Waals surface area contributed by atoms with Crippen molar-refractivity contribution in [2.24, 2.45) is 0 Å². The van der Waals surface area contributed by atoms with E-state index in [0.29, 0.717) is 5.56 Å². The van der Waals surface area contributed by atoms with Crippen LogP contribution in [0.5, 0.6) is 0 Å². The topological polar surface area (TPSA) is 95.5 Å². The molecule has 132 valence electrons. The molecular weight excluding hydrogens is 329 g/mol. The van der Waals surface area contributed by atoms with Gasteiger partial charge in [-0.1, -0.05) is 37.3 Å². The zero-order valence-electron chi connectivity index (χ0n) is 12.8. The van der Waals surface area contributed by atoms with Gasteiger partial charge in [0.1, 0.15) is 13.0 Å². The maximum Gasteiger partial charge on any atom is 0.405 e. The molecular formula is C15H17F3N2O4. The molecule has 1 rings (SSSR count). The second-order valence-corrected chi connectivity index (χ2v) is 5.05. The predicted octanol–water partition coefficient (Wildman–Crippen LogP) is 1.56. The summed E-state index contributed by atoms with van der Waals surface area (Å²) in [5.74, 6) is -3.46. The van der Waals surface area contributed by atoms with Crippen LogP contribution in [0.4, 0.5) is 13.2 Å². The van der Waals surface area contributed by atoms with Crippen LogP contribution in [0, 0.1) is 0 Å². The summed E-state index contributed by atoms with van der Waals surface area (Å²) >= 11 is 0. The van der Waals surface area contributed by atoms with Crippen LogP contribution >= 0.6 is 0 Å². The van der Waals surface area contributed by atoms with Gasteiger partial charge in [-0.2, -0.15) is 13.2 Å². The van der Waals surface area contributed by atoms with Gasteiger partial charge in [0.05, 0.1) is 0 Å². The number of hydrogen-bond donors (Lipinski definition) is 3. The number of rotatable bonds is 7. The van der Waals surface area contributed by atoms with Crippen LogP contribution in [-0.4, -0.2) is 35.6 Å². The third-order valence-electron chi connectivity index (χ3n) is 3.32. The molecule has 1 atom stereocenters. The molecule has 0 aromatic heterocycles. The standard InChI is InChI=1S/C15H17F3N2O4/c1-2-14(13(23)24,10-6-4-3-5-7-10)20-12(22)8-11(21)19-9-15(16,17)18/h3-7H,2,8-9H2,1H3,(H,19,21)(H,20,22)(H,23,24). The highest BCUT2D eigenvalue weighted by molar-refractivity contribution is 5.99. The van der Waals surface area contributed by atoms with Gasteiger partial charge in [0.2, 0.25) is 11.8 Å². The van der Waals surface area contributed by atoms with Gasteiger partial charge in [-0.25, -0.2) is 4.79 Å². The third kappa shape index (κ3) is 5.25. The van der Waals surface area contributed by atoms with Crippen LogP contribution in [-0.2, 0) is 19.9 Å². The van der Waals surface area contributed by atoms with Gasteiger partial charge in [0.15, 0.2) is 5.54 Å². The maximum atomic E-state index is 12.0. The molecule has 0 bridgehead atoms. The minimum atomic E-state index is -4.59. The summed E-state index contributed by atoms with van der Waals surface area (Å²) in [6, 6.07) is 7.84. The number of carboxylic acids is 1. The Morgan fingerprint density at radius 3 is 2.12 bits per heavy atom. The van der Waals surface area contributed by atoms with Gasteiger partial charge in [-0.15, -0.1) is 0 Å². The Kier molecular flexibility index (Phi) is 6.33. The molecule has 0 aliphatic heterocycles. The van der Waals surface area contributed by atoms with Crippen molar-refractivity contribution in [2.75, 3.05) is 6.54 Å². The molecule has 24 heavy (non-hydrogen) atoms. The minimum absolute atomic E-state index is 0.0116. The second-order valence-electron chi connectivity index (χ2n) is 5.05. The van der Waals surface area contributed by atoms with Crippen molar-refractivity contribution in [3.05, 3.63) is 35.9 Å². The lowest BCUT2D eigenvalue weighted by Gasteiger charge is -2.30. The number of alkyl halides is 3. The second kappa shape index (κ2) is 7.80. The summed E-state index contributed by atoms with van der Waals surface area (Å²) in [6.45, 7) is -0.0270. The lowest BCUT2D eigenvalue weighted by molar-refractivity contribution is -0.149. The third-order valence-corrected chi connectivity index (χ3v) is 3.32. The van der Waals surface area contributed by atoms with E-state index in [9.17, 15) is 32.7 Å². The molecule has 0 fully saturated rings. The quantitative estimate of drug-likeness (QED) is 0.653. The normalized spacial score (nSPS) is 13.7. The maximum absolute atomic E-state index is 12.0. The highest BCUT2D eigenvalue weighted by atomic mass is 19.4. The summed E-state index contributed by atoms with van der Waals surface area (Å²) < 4.78 is 36.0. The van der Waals surface area contributed by atoms with E-state index < -0.39 is 42.5 Å². The van der Waals surface area contributed by atoms with E-state index in [0.717, 1.165) is 0 Å². The molecule has 0 aliphatic rings. The highest BCUT2D eigenvalue weighted by Gasteiger charge is 2.40. The Bertz CT molecular complexity index is 604. The number of aliphatic carboxylic acids is 1. The molecule has 0 saturated carbocycles. The number of halogens is 3. The molecule has 2 amide bonds. The van der Waals surface area contributed by atoms with Gasteiger partial charge in [0, 0.05) is 0 Å². The minimum Gasteiger partial charge on any atom is -0.479 e. The largest absolute Gasteiger partial charge is 0.479 e. The molecule has 9 heteroatoms. The number of hydrogen-bond acceptors (Lipinski definition) is 3. The van der Waals surface area contributed by atoms with Crippen LogP contribution in [0.25, 0.3) is 0 Å². The fourth-order valence-electron chi connectivity index (χ4n) is 2.10. The SMILES string of the molecule is CCC(NC(=O)CC(=O)NCC(F)(F)F)(C(=O)O)c1ccccc1. The average molecular weight is 346 g/mol. The summed E-state index contributed by atoms with van der Waals surface area (Å²) in [6.07, 6.45) is -5.51. The Hall–Kier alpha value is -2.58. The van der Waals surface area contributed by atoms with Crippen LogP contribution in [0.3, 0.4) is 0 Å². The first kappa shape index (κ1) is 19.5. The molecule has 0 saturated heterocycles. The van der Waals surface area contributed by atoms with Crippen molar-refractivity contribution >= 4 is 17.8 Å². The van der Waals surface area contributed by atoms with Crippen molar-refractivity contribution in [3.63, 3.8) is 0 Å². The van der Waals surface area contributed by atoms with Crippen molar-refractivity contribution in [3.8, 4) is 0 Å². The fourth-order valence-corrected chi connectivity index (χ4v) is 2.10. The highest BCUT2D eigenvalue weighted by Crippen LogP contribution is 2.25.